The van der Waals surface area contributed by atoms with Gasteiger partial charge in [-0.25, -0.2) is 13.2 Å². The summed E-state index contributed by atoms with van der Waals surface area (Å²) in [7, 11) is -2.37. The highest BCUT2D eigenvalue weighted by Gasteiger charge is 2.23. The van der Waals surface area contributed by atoms with E-state index >= 15 is 0 Å². The van der Waals surface area contributed by atoms with Crippen LogP contribution in [0.5, 0.6) is 5.75 Å². The van der Waals surface area contributed by atoms with E-state index in [1.54, 1.807) is 11.4 Å². The predicted molar refractivity (Wildman–Crippen MR) is 82.9 cm³/mol. The molecule has 0 unspecified atom stereocenters. The van der Waals surface area contributed by atoms with Gasteiger partial charge in [0.15, 0.2) is 9.84 Å². The van der Waals surface area contributed by atoms with Gasteiger partial charge in [0.05, 0.1) is 18.4 Å². The van der Waals surface area contributed by atoms with Gasteiger partial charge in [-0.05, 0) is 45.6 Å². The predicted octanol–water partition coefficient (Wildman–Crippen LogP) is 3.19. The van der Waals surface area contributed by atoms with Crippen LogP contribution in [0.4, 0.5) is 0 Å². The lowest BCUT2D eigenvalue weighted by Gasteiger charge is -2.10. The van der Waals surface area contributed by atoms with Gasteiger partial charge in [-0.1, -0.05) is 0 Å². The zero-order chi connectivity index (χ0) is 15.6. The molecule has 5 nitrogen and oxygen atoms in total. The largest absolute Gasteiger partial charge is 0.495 e. The quantitative estimate of drug-likeness (QED) is 0.847. The van der Waals surface area contributed by atoms with E-state index in [9.17, 15) is 13.2 Å². The van der Waals surface area contributed by atoms with Crippen molar-refractivity contribution in [2.75, 3.05) is 7.11 Å². The van der Waals surface area contributed by atoms with Gasteiger partial charge in [-0.3, -0.25) is 0 Å². The fraction of sp³-hybridized carbons (Fsp3) is 0.154. The Kier molecular flexibility index (Phi) is 4.70. The first-order chi connectivity index (χ1) is 9.85. The highest BCUT2D eigenvalue weighted by molar-refractivity contribution is 9.10. The van der Waals surface area contributed by atoms with Gasteiger partial charge in [0.2, 0.25) is 0 Å². The summed E-state index contributed by atoms with van der Waals surface area (Å²) >= 11 is 4.60. The number of methoxy groups -OCH3 is 1. The Bertz CT molecular complexity index is 780. The van der Waals surface area contributed by atoms with E-state index in [1.807, 2.05) is 0 Å². The average molecular weight is 391 g/mol. The second kappa shape index (κ2) is 6.17. The fourth-order valence-electron chi connectivity index (χ4n) is 1.73. The average Bonchev–Trinajstić information content (AvgIpc) is 2.82. The molecule has 0 aliphatic carbocycles. The molecule has 2 rings (SSSR count). The van der Waals surface area contributed by atoms with Crippen LogP contribution >= 0.6 is 27.3 Å². The van der Waals surface area contributed by atoms with Crippen LogP contribution < -0.4 is 4.74 Å². The van der Waals surface area contributed by atoms with Gasteiger partial charge in [0.25, 0.3) is 0 Å². The number of hydrogen-bond donors (Lipinski definition) is 1. The highest BCUT2D eigenvalue weighted by atomic mass is 79.9. The van der Waals surface area contributed by atoms with Crippen LogP contribution in [-0.2, 0) is 15.6 Å². The first-order valence-corrected chi connectivity index (χ1v) is 9.03. The molecule has 2 aromatic rings. The Morgan fingerprint density at radius 3 is 2.62 bits per heavy atom. The molecule has 0 saturated carbocycles. The Morgan fingerprint density at radius 2 is 2.10 bits per heavy atom. The molecule has 0 amide bonds. The van der Waals surface area contributed by atoms with Crippen molar-refractivity contribution < 1.29 is 23.1 Å². The van der Waals surface area contributed by atoms with Crippen LogP contribution in [0.15, 0.2) is 39.0 Å². The summed E-state index contributed by atoms with van der Waals surface area (Å²) in [6.45, 7) is 0. The van der Waals surface area contributed by atoms with Crippen LogP contribution in [0.1, 0.15) is 15.2 Å². The molecule has 0 fully saturated rings. The minimum atomic E-state index is -3.71. The molecule has 1 N–H and O–H groups in total. The van der Waals surface area contributed by atoms with Gasteiger partial charge < -0.3 is 9.84 Å². The number of benzene rings is 1. The van der Waals surface area contributed by atoms with Crippen molar-refractivity contribution in [2.45, 2.75) is 10.6 Å². The fourth-order valence-corrected chi connectivity index (χ4v) is 5.35. The third-order valence-corrected chi connectivity index (χ3v) is 6.52. The minimum Gasteiger partial charge on any atom is -0.495 e. The Morgan fingerprint density at radius 1 is 1.38 bits per heavy atom. The molecule has 0 aliphatic rings. The lowest BCUT2D eigenvalue weighted by atomic mass is 10.2. The summed E-state index contributed by atoms with van der Waals surface area (Å²) in [5, 5.41) is 10.8. The molecule has 0 bridgehead atoms. The summed E-state index contributed by atoms with van der Waals surface area (Å²) < 4.78 is 30.8. The molecule has 1 aromatic heterocycles. The molecule has 0 atom stereocenters. The molecule has 0 saturated heterocycles. The molecule has 1 heterocycles. The maximum absolute atomic E-state index is 12.5. The molecular weight excluding hydrogens is 380 g/mol. The third kappa shape index (κ3) is 3.45. The van der Waals surface area contributed by atoms with E-state index in [0.29, 0.717) is 9.35 Å². The SMILES string of the molecule is COc1ccc(C(=O)O)cc1S(=O)(=O)Cc1sccc1Br. The monoisotopic (exact) mass is 390 g/mol. The summed E-state index contributed by atoms with van der Waals surface area (Å²) in [5.41, 5.74) is -0.0976. The first-order valence-electron chi connectivity index (χ1n) is 5.71. The van der Waals surface area contributed by atoms with Gasteiger partial charge >= 0.3 is 5.97 Å². The number of carbonyl (C=O) groups is 1. The minimum absolute atomic E-state index is 0.0976. The molecule has 0 radical (unpaired) electrons. The highest BCUT2D eigenvalue weighted by Crippen LogP contribution is 2.31. The van der Waals surface area contributed by atoms with E-state index in [0.717, 1.165) is 6.07 Å². The lowest BCUT2D eigenvalue weighted by molar-refractivity contribution is 0.0696. The number of thiophene rings is 1. The van der Waals surface area contributed by atoms with E-state index in [2.05, 4.69) is 15.9 Å². The summed E-state index contributed by atoms with van der Waals surface area (Å²) in [6, 6.07) is 5.54. The van der Waals surface area contributed by atoms with Crippen molar-refractivity contribution in [2.24, 2.45) is 0 Å². The second-order valence-corrected chi connectivity index (χ2v) is 7.93. The van der Waals surface area contributed by atoms with E-state index in [-0.39, 0.29) is 22.0 Å². The maximum atomic E-state index is 12.5. The molecule has 112 valence electrons. The maximum Gasteiger partial charge on any atom is 0.335 e. The van der Waals surface area contributed by atoms with Crippen molar-refractivity contribution in [3.8, 4) is 5.75 Å². The third-order valence-electron chi connectivity index (χ3n) is 2.76. The number of halogens is 1. The van der Waals surface area contributed by atoms with Crippen molar-refractivity contribution in [1.82, 2.24) is 0 Å². The number of rotatable bonds is 5. The van der Waals surface area contributed by atoms with Crippen molar-refractivity contribution in [3.05, 3.63) is 44.6 Å². The van der Waals surface area contributed by atoms with Crippen LogP contribution in [0, 0.1) is 0 Å². The number of aromatic carboxylic acids is 1. The van der Waals surface area contributed by atoms with Gasteiger partial charge in [0, 0.05) is 9.35 Å². The van der Waals surface area contributed by atoms with Gasteiger partial charge in [-0.15, -0.1) is 11.3 Å². The molecular formula is C13H11BrO5S2. The van der Waals surface area contributed by atoms with E-state index < -0.39 is 15.8 Å². The first kappa shape index (κ1) is 16.0. The smallest absolute Gasteiger partial charge is 0.335 e. The Hall–Kier alpha value is -1.38. The Labute approximate surface area is 134 Å². The number of hydrogen-bond acceptors (Lipinski definition) is 5. The number of carboxylic acid groups (broad SMARTS) is 1. The van der Waals surface area contributed by atoms with Crippen LogP contribution in [0.3, 0.4) is 0 Å². The lowest BCUT2D eigenvalue weighted by Crippen LogP contribution is -2.08. The molecule has 8 heteroatoms. The zero-order valence-corrected chi connectivity index (χ0v) is 14.1. The molecule has 1 aromatic carbocycles. The standard InChI is InChI=1S/C13H11BrO5S2/c1-19-10-3-2-8(13(15)16)6-12(10)21(17,18)7-11-9(14)4-5-20-11/h2-6H,7H2,1H3,(H,15,16). The summed E-state index contributed by atoms with van der Waals surface area (Å²) in [5.74, 6) is -1.27. The summed E-state index contributed by atoms with van der Waals surface area (Å²) in [4.78, 5) is 11.5. The summed E-state index contributed by atoms with van der Waals surface area (Å²) in [6.07, 6.45) is 0. The Balaban J connectivity index is 2.50. The van der Waals surface area contributed by atoms with E-state index in [4.69, 9.17) is 9.84 Å². The van der Waals surface area contributed by atoms with Crippen LogP contribution in [0.25, 0.3) is 0 Å². The zero-order valence-electron chi connectivity index (χ0n) is 10.9. The second-order valence-electron chi connectivity index (χ2n) is 4.12. The normalized spacial score (nSPS) is 11.3. The van der Waals surface area contributed by atoms with Crippen molar-refractivity contribution in [1.29, 1.82) is 0 Å². The van der Waals surface area contributed by atoms with E-state index in [1.165, 1.54) is 30.6 Å². The topological polar surface area (TPSA) is 80.7 Å². The van der Waals surface area contributed by atoms with Gasteiger partial charge in [-0.2, -0.15) is 0 Å². The number of carboxylic acids is 1. The number of sulfone groups is 1. The van der Waals surface area contributed by atoms with Gasteiger partial charge in [0.1, 0.15) is 10.6 Å². The molecule has 21 heavy (non-hydrogen) atoms. The number of ether oxygens (including phenoxy) is 1. The van der Waals surface area contributed by atoms with Crippen LogP contribution in [0.2, 0.25) is 0 Å². The van der Waals surface area contributed by atoms with Crippen molar-refractivity contribution >= 4 is 43.1 Å². The van der Waals surface area contributed by atoms with Crippen molar-refractivity contribution in [3.63, 3.8) is 0 Å². The molecule has 0 aliphatic heterocycles. The molecule has 0 spiro atoms. The van der Waals surface area contributed by atoms with Crippen LogP contribution in [-0.4, -0.2) is 26.6 Å².